The third kappa shape index (κ3) is 1.78. The molecule has 0 aromatic heterocycles. The van der Waals surface area contributed by atoms with Gasteiger partial charge in [0.1, 0.15) is 0 Å². The van der Waals surface area contributed by atoms with Gasteiger partial charge < -0.3 is 0 Å². The highest BCUT2D eigenvalue weighted by Gasteiger charge is 2.39. The molecule has 0 aliphatic carbocycles. The Labute approximate surface area is 80.8 Å². The molecule has 0 radical (unpaired) electrons. The summed E-state index contributed by atoms with van der Waals surface area (Å²) in [6.07, 6.45) is 9.87. The van der Waals surface area contributed by atoms with Crippen LogP contribution in [0.25, 0.3) is 0 Å². The Balaban J connectivity index is 2.89. The van der Waals surface area contributed by atoms with Gasteiger partial charge >= 0.3 is 0 Å². The molecule has 1 aliphatic rings. The highest BCUT2D eigenvalue weighted by Crippen LogP contribution is 2.68. The molecule has 0 unspecified atom stereocenters. The van der Waals surface area contributed by atoms with Gasteiger partial charge in [-0.25, -0.2) is 3.71 Å². The lowest BCUT2D eigenvalue weighted by atomic mass is 10.4. The first-order valence-corrected chi connectivity index (χ1v) is 9.64. The molecule has 1 saturated heterocycles. The van der Waals surface area contributed by atoms with Crippen LogP contribution in [0.4, 0.5) is 0 Å². The van der Waals surface area contributed by atoms with Crippen LogP contribution < -0.4 is 0 Å². The Bertz CT molecular complexity index is 159. The Morgan fingerprint density at radius 3 is 1.42 bits per heavy atom. The monoisotopic (exact) mass is 209 g/mol. The second-order valence-electron chi connectivity index (χ2n) is 4.75. The minimum Gasteiger partial charge on any atom is -0.229 e. The van der Waals surface area contributed by atoms with Crippen molar-refractivity contribution < 1.29 is 0 Å². The molecule has 12 heavy (non-hydrogen) atoms. The van der Waals surface area contributed by atoms with E-state index < -0.39 is 20.4 Å². The summed E-state index contributed by atoms with van der Waals surface area (Å²) in [4.78, 5) is 0. The Kier molecular flexibility index (Phi) is 2.78. The van der Waals surface area contributed by atoms with E-state index in [1.54, 1.807) is 0 Å². The minimum absolute atomic E-state index is 0.424. The maximum atomic E-state index is 2.82. The van der Waals surface area contributed by atoms with Crippen LogP contribution in [0.15, 0.2) is 0 Å². The van der Waals surface area contributed by atoms with Gasteiger partial charge in [-0.2, -0.15) is 20.4 Å². The van der Waals surface area contributed by atoms with Crippen molar-refractivity contribution in [2.75, 3.05) is 36.5 Å². The van der Waals surface area contributed by atoms with Gasteiger partial charge in [0.25, 0.3) is 0 Å². The number of nitrogens with zero attached hydrogens (tertiary/aromatic N) is 1. The summed E-state index contributed by atoms with van der Waals surface area (Å²) in [5.41, 5.74) is 0. The number of rotatable bonds is 1. The second-order valence-corrected chi connectivity index (χ2v) is 12.5. The number of hydrogen-bond donors (Lipinski definition) is 0. The van der Waals surface area contributed by atoms with Crippen LogP contribution in [0.3, 0.4) is 0 Å². The molecular weight excluding hydrogens is 186 g/mol. The van der Waals surface area contributed by atoms with E-state index in [-0.39, 0.29) is 0 Å². The molecule has 1 fully saturated rings. The van der Waals surface area contributed by atoms with Crippen LogP contribution in [0.5, 0.6) is 0 Å². The van der Waals surface area contributed by atoms with Crippen LogP contribution in [-0.2, 0) is 0 Å². The van der Waals surface area contributed by atoms with Gasteiger partial charge in [0.2, 0.25) is 0 Å². The van der Waals surface area contributed by atoms with Gasteiger partial charge in [0.05, 0.1) is 0 Å². The van der Waals surface area contributed by atoms with E-state index in [9.17, 15) is 0 Å². The lowest BCUT2D eigenvalue weighted by Crippen LogP contribution is -2.30. The molecule has 0 amide bonds. The van der Waals surface area contributed by atoms with Crippen molar-refractivity contribution in [3.8, 4) is 0 Å². The van der Waals surface area contributed by atoms with Gasteiger partial charge in [-0.1, -0.05) is 0 Å². The van der Waals surface area contributed by atoms with Crippen molar-refractivity contribution in [3.05, 3.63) is 0 Å². The van der Waals surface area contributed by atoms with Gasteiger partial charge in [-0.15, -0.1) is 0 Å². The third-order valence-corrected chi connectivity index (χ3v) is 10.4. The van der Waals surface area contributed by atoms with Crippen molar-refractivity contribution in [1.29, 1.82) is 0 Å². The Hall–Kier alpha value is 0.660. The summed E-state index contributed by atoms with van der Waals surface area (Å²) in [5.74, 6) is 2.90. The van der Waals surface area contributed by atoms with Gasteiger partial charge in [0, 0.05) is 6.04 Å². The molecule has 0 bridgehead atoms. The maximum Gasteiger partial charge on any atom is 0.0224 e. The second kappa shape index (κ2) is 3.10. The van der Waals surface area contributed by atoms with Crippen molar-refractivity contribution in [1.82, 2.24) is 3.71 Å². The van der Waals surface area contributed by atoms with E-state index >= 15 is 0 Å². The molecule has 0 saturated carbocycles. The highest BCUT2D eigenvalue weighted by atomic mass is 32.3. The quantitative estimate of drug-likeness (QED) is 0.642. The van der Waals surface area contributed by atoms with Crippen molar-refractivity contribution in [2.45, 2.75) is 19.9 Å². The fourth-order valence-electron chi connectivity index (χ4n) is 2.28. The SMILES string of the molecule is CC(C)N1S(C)(C)CCS1(C)C. The summed E-state index contributed by atoms with van der Waals surface area (Å²) in [6.45, 7) is 4.68. The number of hydrogen-bond acceptors (Lipinski definition) is 1. The van der Waals surface area contributed by atoms with E-state index in [0.29, 0.717) is 0 Å². The first kappa shape index (κ1) is 10.7. The lowest BCUT2D eigenvalue weighted by molar-refractivity contribution is 0.587. The molecule has 1 nitrogen and oxygen atoms in total. The fourth-order valence-corrected chi connectivity index (χ4v) is 13.0. The topological polar surface area (TPSA) is 3.24 Å². The normalized spacial score (nSPS) is 33.6. The predicted molar refractivity (Wildman–Crippen MR) is 65.6 cm³/mol. The molecule has 0 N–H and O–H groups in total. The molecular formula is C9H23NS2. The molecule has 0 spiro atoms. The molecule has 1 heterocycles. The molecule has 3 heteroatoms. The van der Waals surface area contributed by atoms with Crippen LogP contribution in [0.2, 0.25) is 0 Å². The van der Waals surface area contributed by atoms with Crippen LogP contribution in [0.1, 0.15) is 13.8 Å². The molecule has 1 aliphatic heterocycles. The largest absolute Gasteiger partial charge is 0.229 e. The average molecular weight is 209 g/mol. The molecule has 1 rings (SSSR count). The van der Waals surface area contributed by atoms with E-state index in [1.807, 2.05) is 0 Å². The Morgan fingerprint density at radius 1 is 0.917 bits per heavy atom. The van der Waals surface area contributed by atoms with Gasteiger partial charge in [0.15, 0.2) is 0 Å². The molecule has 0 aromatic carbocycles. The summed E-state index contributed by atoms with van der Waals surface area (Å²) in [7, 11) is -0.847. The zero-order valence-corrected chi connectivity index (χ0v) is 10.9. The molecule has 0 atom stereocenters. The Morgan fingerprint density at radius 2 is 1.25 bits per heavy atom. The van der Waals surface area contributed by atoms with Crippen LogP contribution >= 0.6 is 20.4 Å². The smallest absolute Gasteiger partial charge is 0.0224 e. The first-order chi connectivity index (χ1) is 5.27. The minimum atomic E-state index is -0.424. The van der Waals surface area contributed by atoms with E-state index in [1.165, 1.54) is 11.5 Å². The van der Waals surface area contributed by atoms with Crippen LogP contribution in [-0.4, -0.2) is 46.3 Å². The summed E-state index contributed by atoms with van der Waals surface area (Å²) < 4.78 is 2.82. The first-order valence-electron chi connectivity index (χ1n) is 4.49. The van der Waals surface area contributed by atoms with Crippen molar-refractivity contribution >= 4 is 20.4 Å². The molecule has 76 valence electrons. The summed E-state index contributed by atoms with van der Waals surface area (Å²) >= 11 is 0. The van der Waals surface area contributed by atoms with E-state index in [4.69, 9.17) is 0 Å². The molecule has 0 aromatic rings. The van der Waals surface area contributed by atoms with Gasteiger partial charge in [-0.05, 0) is 50.4 Å². The summed E-state index contributed by atoms with van der Waals surface area (Å²) in [6, 6.07) is 0.738. The standard InChI is InChI=1S/C9H23NS2/c1-9(2)10-11(3,4)7-8-12(10,5)6/h9H,7-8H2,1-6H3. The predicted octanol–water partition coefficient (Wildman–Crippen LogP) is 2.67. The van der Waals surface area contributed by atoms with Crippen molar-refractivity contribution in [2.24, 2.45) is 0 Å². The van der Waals surface area contributed by atoms with E-state index in [0.717, 1.165) is 6.04 Å². The zero-order chi connectivity index (χ0) is 9.57. The maximum absolute atomic E-state index is 2.82. The average Bonchev–Trinajstić information content (AvgIpc) is 2.01. The van der Waals surface area contributed by atoms with Crippen molar-refractivity contribution in [3.63, 3.8) is 0 Å². The fraction of sp³-hybridized carbons (Fsp3) is 1.00. The summed E-state index contributed by atoms with van der Waals surface area (Å²) in [5, 5.41) is 0. The highest BCUT2D eigenvalue weighted by molar-refractivity contribution is 8.47. The third-order valence-electron chi connectivity index (χ3n) is 2.48. The van der Waals surface area contributed by atoms with Crippen LogP contribution in [0, 0.1) is 0 Å². The van der Waals surface area contributed by atoms with Gasteiger partial charge in [-0.3, -0.25) is 0 Å². The van der Waals surface area contributed by atoms with E-state index in [2.05, 4.69) is 42.6 Å². The lowest BCUT2D eigenvalue weighted by Gasteiger charge is -2.48. The zero-order valence-electron chi connectivity index (χ0n) is 9.26.